The zero-order valence-corrected chi connectivity index (χ0v) is 13.3. The Morgan fingerprint density at radius 2 is 1.85 bits per heavy atom. The normalized spacial score (nSPS) is 24.4. The fourth-order valence-electron chi connectivity index (χ4n) is 3.33. The smallest absolute Gasteiger partial charge is 0.126 e. The lowest BCUT2D eigenvalue weighted by Crippen LogP contribution is -2.25. The van der Waals surface area contributed by atoms with Crippen molar-refractivity contribution in [3.63, 3.8) is 0 Å². The second-order valence-electron chi connectivity index (χ2n) is 5.34. The first-order valence-electron chi connectivity index (χ1n) is 6.44. The fourth-order valence-corrected chi connectivity index (χ4v) is 4.16. The number of fused-ring (bicyclic) bond motifs is 2. The third kappa shape index (κ3) is 2.50. The molecule has 2 fully saturated rings. The molecule has 3 heterocycles. The first-order chi connectivity index (χ1) is 8.81. The van der Waals surface area contributed by atoms with Gasteiger partial charge in [-0.3, -0.25) is 0 Å². The monoisotopic (exact) mass is 334 g/mol. The second kappa shape index (κ2) is 6.06. The number of benzene rings is 1. The van der Waals surface area contributed by atoms with E-state index in [-0.39, 0.29) is 30.6 Å². The average molecular weight is 335 g/mol. The molecule has 6 heteroatoms. The summed E-state index contributed by atoms with van der Waals surface area (Å²) in [6.07, 6.45) is 0. The molecular formula is C14H17Cl2FN2S. The minimum atomic E-state index is -0.116. The molecular weight excluding hydrogens is 318 g/mol. The Morgan fingerprint density at radius 3 is 2.55 bits per heavy atom. The molecule has 1 aromatic heterocycles. The van der Waals surface area contributed by atoms with Gasteiger partial charge in [0, 0.05) is 42.0 Å². The van der Waals surface area contributed by atoms with Crippen molar-refractivity contribution in [1.82, 2.24) is 5.32 Å². The van der Waals surface area contributed by atoms with Gasteiger partial charge >= 0.3 is 0 Å². The molecule has 110 valence electrons. The van der Waals surface area contributed by atoms with Gasteiger partial charge in [-0.25, -0.2) is 4.39 Å². The number of anilines is 1. The van der Waals surface area contributed by atoms with Gasteiger partial charge in [-0.05, 0) is 35.4 Å². The van der Waals surface area contributed by atoms with Crippen LogP contribution in [0.5, 0.6) is 0 Å². The van der Waals surface area contributed by atoms with E-state index >= 15 is 0 Å². The average Bonchev–Trinajstić information content (AvgIpc) is 3.01. The van der Waals surface area contributed by atoms with E-state index in [0.717, 1.165) is 48.4 Å². The van der Waals surface area contributed by atoms with Crippen LogP contribution in [0.2, 0.25) is 0 Å². The van der Waals surface area contributed by atoms with E-state index in [4.69, 9.17) is 0 Å². The molecule has 0 saturated carbocycles. The Hall–Kier alpha value is -0.550. The molecule has 2 aromatic rings. The van der Waals surface area contributed by atoms with Gasteiger partial charge in [0.15, 0.2) is 0 Å². The van der Waals surface area contributed by atoms with Gasteiger partial charge in [-0.15, -0.1) is 36.2 Å². The molecule has 2 aliphatic heterocycles. The maximum atomic E-state index is 13.7. The van der Waals surface area contributed by atoms with E-state index in [1.807, 2.05) is 5.38 Å². The molecule has 2 atom stereocenters. The van der Waals surface area contributed by atoms with Crippen molar-refractivity contribution < 1.29 is 4.39 Å². The van der Waals surface area contributed by atoms with Gasteiger partial charge in [-0.1, -0.05) is 0 Å². The van der Waals surface area contributed by atoms with Crippen LogP contribution >= 0.6 is 36.2 Å². The molecule has 20 heavy (non-hydrogen) atoms. The van der Waals surface area contributed by atoms with E-state index in [2.05, 4.69) is 16.3 Å². The van der Waals surface area contributed by atoms with Gasteiger partial charge in [-0.2, -0.15) is 0 Å². The van der Waals surface area contributed by atoms with Gasteiger partial charge in [0.1, 0.15) is 5.82 Å². The summed E-state index contributed by atoms with van der Waals surface area (Å²) in [4.78, 5) is 2.37. The zero-order chi connectivity index (χ0) is 12.1. The molecule has 4 rings (SSSR count). The molecule has 0 radical (unpaired) electrons. The van der Waals surface area contributed by atoms with Crippen molar-refractivity contribution in [2.24, 2.45) is 11.8 Å². The van der Waals surface area contributed by atoms with Crippen LogP contribution in [0, 0.1) is 17.7 Å². The van der Waals surface area contributed by atoms with Gasteiger partial charge < -0.3 is 10.2 Å². The number of rotatable bonds is 1. The third-order valence-corrected chi connectivity index (χ3v) is 5.11. The van der Waals surface area contributed by atoms with Crippen LogP contribution in [0.3, 0.4) is 0 Å². The molecule has 0 bridgehead atoms. The second-order valence-corrected chi connectivity index (χ2v) is 6.29. The van der Waals surface area contributed by atoms with E-state index < -0.39 is 0 Å². The minimum Gasteiger partial charge on any atom is -0.370 e. The van der Waals surface area contributed by atoms with E-state index in [1.54, 1.807) is 23.5 Å². The summed E-state index contributed by atoms with van der Waals surface area (Å²) in [7, 11) is 0. The topological polar surface area (TPSA) is 15.3 Å². The molecule has 1 aromatic carbocycles. The molecule has 1 N–H and O–H groups in total. The molecule has 2 saturated heterocycles. The third-order valence-electron chi connectivity index (χ3n) is 4.24. The molecule has 2 aliphatic rings. The predicted molar refractivity (Wildman–Crippen MR) is 88.3 cm³/mol. The van der Waals surface area contributed by atoms with Gasteiger partial charge in [0.05, 0.1) is 0 Å². The Morgan fingerprint density at radius 1 is 1.15 bits per heavy atom. The van der Waals surface area contributed by atoms with Crippen molar-refractivity contribution in [3.8, 4) is 0 Å². The van der Waals surface area contributed by atoms with Gasteiger partial charge in [0.2, 0.25) is 0 Å². The summed E-state index contributed by atoms with van der Waals surface area (Å²) in [5.41, 5.74) is 1.08. The maximum absolute atomic E-state index is 13.7. The van der Waals surface area contributed by atoms with Crippen LogP contribution < -0.4 is 10.2 Å². The zero-order valence-electron chi connectivity index (χ0n) is 10.8. The summed E-state index contributed by atoms with van der Waals surface area (Å²) in [5, 5.41) is 6.69. The van der Waals surface area contributed by atoms with Crippen molar-refractivity contribution in [1.29, 1.82) is 0 Å². The Bertz CT molecular complexity index is 592. The van der Waals surface area contributed by atoms with E-state index in [1.165, 1.54) is 5.39 Å². The van der Waals surface area contributed by atoms with Crippen LogP contribution in [0.25, 0.3) is 10.1 Å². The standard InChI is InChI=1S/C14H15FN2S.2ClH/c15-11-3-13(12-1-2-18-14(12)4-11)17-7-9-5-16-6-10(9)8-17;;/h1-4,9-10,16H,5-8H2;2*1H. The highest BCUT2D eigenvalue weighted by Crippen LogP contribution is 2.36. The van der Waals surface area contributed by atoms with Gasteiger partial charge in [0.25, 0.3) is 0 Å². The van der Waals surface area contributed by atoms with Crippen LogP contribution in [0.15, 0.2) is 23.6 Å². The Kier molecular flexibility index (Phi) is 4.80. The summed E-state index contributed by atoms with van der Waals surface area (Å²) in [5.74, 6) is 1.36. The number of nitrogens with one attached hydrogen (secondary N) is 1. The SMILES string of the molecule is Cl.Cl.Fc1cc(N2CC3CNCC3C2)c2ccsc2c1. The number of thiophene rings is 1. The number of hydrogen-bond donors (Lipinski definition) is 1. The first-order valence-corrected chi connectivity index (χ1v) is 7.31. The number of halogens is 3. The van der Waals surface area contributed by atoms with Crippen LogP contribution in [-0.2, 0) is 0 Å². The maximum Gasteiger partial charge on any atom is 0.126 e. The quantitative estimate of drug-likeness (QED) is 0.858. The molecule has 0 amide bonds. The number of nitrogens with zero attached hydrogens (tertiary/aromatic N) is 1. The number of hydrogen-bond acceptors (Lipinski definition) is 3. The molecule has 2 unspecified atom stereocenters. The van der Waals surface area contributed by atoms with Crippen molar-refractivity contribution >= 4 is 51.9 Å². The highest BCUT2D eigenvalue weighted by atomic mass is 35.5. The van der Waals surface area contributed by atoms with Crippen molar-refractivity contribution in [3.05, 3.63) is 29.4 Å². The van der Waals surface area contributed by atoms with Crippen molar-refractivity contribution in [2.75, 3.05) is 31.1 Å². The Labute approximate surface area is 134 Å². The highest BCUT2D eigenvalue weighted by Gasteiger charge is 2.36. The van der Waals surface area contributed by atoms with E-state index in [9.17, 15) is 4.39 Å². The largest absolute Gasteiger partial charge is 0.370 e. The van der Waals surface area contributed by atoms with Crippen LogP contribution in [-0.4, -0.2) is 26.2 Å². The fraction of sp³-hybridized carbons (Fsp3) is 0.429. The molecule has 0 aliphatic carbocycles. The summed E-state index contributed by atoms with van der Waals surface area (Å²) < 4.78 is 14.7. The predicted octanol–water partition coefficient (Wildman–Crippen LogP) is 3.54. The summed E-state index contributed by atoms with van der Waals surface area (Å²) in [6.45, 7) is 4.35. The first kappa shape index (κ1) is 15.8. The minimum absolute atomic E-state index is 0. The summed E-state index contributed by atoms with van der Waals surface area (Å²) >= 11 is 1.62. The Balaban J connectivity index is 0.000000735. The van der Waals surface area contributed by atoms with Crippen LogP contribution in [0.1, 0.15) is 0 Å². The lowest BCUT2D eigenvalue weighted by molar-refractivity contribution is 0.533. The highest BCUT2D eigenvalue weighted by molar-refractivity contribution is 7.17. The molecule has 2 nitrogen and oxygen atoms in total. The van der Waals surface area contributed by atoms with Crippen molar-refractivity contribution in [2.45, 2.75) is 0 Å². The van der Waals surface area contributed by atoms with Crippen LogP contribution in [0.4, 0.5) is 10.1 Å². The summed E-state index contributed by atoms with van der Waals surface area (Å²) in [6, 6.07) is 5.45. The lowest BCUT2D eigenvalue weighted by atomic mass is 10.0. The lowest BCUT2D eigenvalue weighted by Gasteiger charge is -2.21. The van der Waals surface area contributed by atoms with E-state index in [0.29, 0.717) is 0 Å². The molecule has 0 spiro atoms.